The summed E-state index contributed by atoms with van der Waals surface area (Å²) in [5, 5.41) is 13.4. The van der Waals surface area contributed by atoms with E-state index in [4.69, 9.17) is 4.74 Å². The molecule has 1 amide bonds. The third-order valence-corrected chi connectivity index (χ3v) is 3.21. The SMILES string of the molecule is O=C(COc1cccc([N+](=O)[O-])c1)NCC1CCC1. The summed E-state index contributed by atoms with van der Waals surface area (Å²) in [6.45, 7) is 0.574. The Hall–Kier alpha value is -2.11. The molecular formula is C13H16N2O4. The lowest BCUT2D eigenvalue weighted by Crippen LogP contribution is -2.35. The highest BCUT2D eigenvalue weighted by molar-refractivity contribution is 5.77. The van der Waals surface area contributed by atoms with Gasteiger partial charge in [0.25, 0.3) is 11.6 Å². The van der Waals surface area contributed by atoms with Gasteiger partial charge in [0.1, 0.15) is 5.75 Å². The van der Waals surface area contributed by atoms with E-state index in [1.54, 1.807) is 6.07 Å². The minimum Gasteiger partial charge on any atom is -0.484 e. The van der Waals surface area contributed by atoms with Gasteiger partial charge in [-0.15, -0.1) is 0 Å². The molecule has 0 saturated heterocycles. The van der Waals surface area contributed by atoms with Crippen molar-refractivity contribution in [2.45, 2.75) is 19.3 Å². The maximum Gasteiger partial charge on any atom is 0.273 e. The monoisotopic (exact) mass is 264 g/mol. The van der Waals surface area contributed by atoms with Gasteiger partial charge in [-0.05, 0) is 24.8 Å². The summed E-state index contributed by atoms with van der Waals surface area (Å²) < 4.78 is 5.23. The lowest BCUT2D eigenvalue weighted by Gasteiger charge is -2.25. The van der Waals surface area contributed by atoms with Gasteiger partial charge in [-0.1, -0.05) is 12.5 Å². The first kappa shape index (κ1) is 13.3. The summed E-state index contributed by atoms with van der Waals surface area (Å²) in [7, 11) is 0. The van der Waals surface area contributed by atoms with Gasteiger partial charge >= 0.3 is 0 Å². The topological polar surface area (TPSA) is 81.5 Å². The third-order valence-electron chi connectivity index (χ3n) is 3.21. The summed E-state index contributed by atoms with van der Waals surface area (Å²) in [4.78, 5) is 21.6. The van der Waals surface area contributed by atoms with Crippen molar-refractivity contribution in [3.05, 3.63) is 34.4 Å². The fourth-order valence-corrected chi connectivity index (χ4v) is 1.84. The highest BCUT2D eigenvalue weighted by Crippen LogP contribution is 2.25. The van der Waals surface area contributed by atoms with E-state index in [1.807, 2.05) is 0 Å². The van der Waals surface area contributed by atoms with Gasteiger partial charge in [0, 0.05) is 12.6 Å². The van der Waals surface area contributed by atoms with Gasteiger partial charge < -0.3 is 10.1 Å². The van der Waals surface area contributed by atoms with E-state index in [0.29, 0.717) is 18.2 Å². The number of nitrogens with one attached hydrogen (secondary N) is 1. The number of rotatable bonds is 6. The number of hydrogen-bond acceptors (Lipinski definition) is 4. The van der Waals surface area contributed by atoms with Crippen molar-refractivity contribution in [3.63, 3.8) is 0 Å². The van der Waals surface area contributed by atoms with Crippen LogP contribution in [0.25, 0.3) is 0 Å². The molecule has 1 fully saturated rings. The highest BCUT2D eigenvalue weighted by Gasteiger charge is 2.17. The van der Waals surface area contributed by atoms with Crippen LogP contribution in [-0.2, 0) is 4.79 Å². The van der Waals surface area contributed by atoms with E-state index in [0.717, 1.165) is 0 Å². The van der Waals surface area contributed by atoms with Crippen LogP contribution >= 0.6 is 0 Å². The second kappa shape index (κ2) is 6.17. The number of carbonyl (C=O) groups excluding carboxylic acids is 1. The number of benzene rings is 1. The van der Waals surface area contributed by atoms with Crippen molar-refractivity contribution in [1.82, 2.24) is 5.32 Å². The predicted molar refractivity (Wildman–Crippen MR) is 68.9 cm³/mol. The molecule has 1 saturated carbocycles. The first-order valence-electron chi connectivity index (χ1n) is 6.29. The minimum atomic E-state index is -0.497. The van der Waals surface area contributed by atoms with Crippen LogP contribution < -0.4 is 10.1 Å². The number of amides is 1. The summed E-state index contributed by atoms with van der Waals surface area (Å²) in [5.74, 6) is 0.730. The average Bonchev–Trinajstić information content (AvgIpc) is 2.35. The Kier molecular flexibility index (Phi) is 4.33. The van der Waals surface area contributed by atoms with Crippen molar-refractivity contribution in [2.75, 3.05) is 13.2 Å². The van der Waals surface area contributed by atoms with E-state index in [1.165, 1.54) is 37.5 Å². The van der Waals surface area contributed by atoms with Crippen LogP contribution in [0.15, 0.2) is 24.3 Å². The van der Waals surface area contributed by atoms with Gasteiger partial charge in [0.05, 0.1) is 11.0 Å². The molecule has 0 atom stereocenters. The highest BCUT2D eigenvalue weighted by atomic mass is 16.6. The zero-order valence-corrected chi connectivity index (χ0v) is 10.5. The molecule has 0 aromatic heterocycles. The molecule has 102 valence electrons. The molecule has 1 aromatic carbocycles. The number of non-ortho nitro benzene ring substituents is 1. The van der Waals surface area contributed by atoms with Gasteiger partial charge in [-0.2, -0.15) is 0 Å². The minimum absolute atomic E-state index is 0.0487. The Morgan fingerprint density at radius 1 is 1.47 bits per heavy atom. The first-order chi connectivity index (χ1) is 9.15. The molecule has 19 heavy (non-hydrogen) atoms. The van der Waals surface area contributed by atoms with E-state index >= 15 is 0 Å². The quantitative estimate of drug-likeness (QED) is 0.628. The van der Waals surface area contributed by atoms with Crippen molar-refractivity contribution in [3.8, 4) is 5.75 Å². The molecule has 1 aliphatic carbocycles. The van der Waals surface area contributed by atoms with Crippen molar-refractivity contribution in [2.24, 2.45) is 5.92 Å². The molecule has 6 heteroatoms. The second-order valence-electron chi connectivity index (χ2n) is 4.64. The molecular weight excluding hydrogens is 248 g/mol. The van der Waals surface area contributed by atoms with Crippen LogP contribution in [0.4, 0.5) is 5.69 Å². The Balaban J connectivity index is 1.75. The van der Waals surface area contributed by atoms with Gasteiger partial charge in [0.2, 0.25) is 0 Å². The van der Waals surface area contributed by atoms with Crippen LogP contribution in [-0.4, -0.2) is 24.0 Å². The van der Waals surface area contributed by atoms with Crippen molar-refractivity contribution >= 4 is 11.6 Å². The standard InChI is InChI=1S/C13H16N2O4/c16-13(14-8-10-3-1-4-10)9-19-12-6-2-5-11(7-12)15(17)18/h2,5-7,10H,1,3-4,8-9H2,(H,14,16). The summed E-state index contributed by atoms with van der Waals surface area (Å²) in [6.07, 6.45) is 3.59. The zero-order valence-electron chi connectivity index (χ0n) is 10.5. The number of nitro benzene ring substituents is 1. The van der Waals surface area contributed by atoms with Gasteiger partial charge in [0.15, 0.2) is 6.61 Å². The molecule has 6 nitrogen and oxygen atoms in total. The number of hydrogen-bond donors (Lipinski definition) is 1. The predicted octanol–water partition coefficient (Wildman–Crippen LogP) is 1.89. The maximum atomic E-state index is 11.5. The zero-order chi connectivity index (χ0) is 13.7. The molecule has 0 heterocycles. The normalized spacial score (nSPS) is 14.5. The Morgan fingerprint density at radius 3 is 2.89 bits per heavy atom. The Morgan fingerprint density at radius 2 is 2.26 bits per heavy atom. The van der Waals surface area contributed by atoms with Gasteiger partial charge in [-0.25, -0.2) is 0 Å². The van der Waals surface area contributed by atoms with Gasteiger partial charge in [-0.3, -0.25) is 14.9 Å². The number of ether oxygens (including phenoxy) is 1. The second-order valence-corrected chi connectivity index (χ2v) is 4.64. The molecule has 0 radical (unpaired) electrons. The molecule has 0 unspecified atom stereocenters. The van der Waals surface area contributed by atoms with Crippen LogP contribution in [0, 0.1) is 16.0 Å². The fraction of sp³-hybridized carbons (Fsp3) is 0.462. The van der Waals surface area contributed by atoms with Crippen molar-refractivity contribution in [1.29, 1.82) is 0 Å². The molecule has 1 aromatic rings. The average molecular weight is 264 g/mol. The summed E-state index contributed by atoms with van der Waals surface area (Å²) >= 11 is 0. The summed E-state index contributed by atoms with van der Waals surface area (Å²) in [5.41, 5.74) is -0.0487. The van der Waals surface area contributed by atoms with Crippen LogP contribution in [0.5, 0.6) is 5.75 Å². The molecule has 0 aliphatic heterocycles. The Bertz CT molecular complexity index is 471. The maximum absolute atomic E-state index is 11.5. The van der Waals surface area contributed by atoms with E-state index in [9.17, 15) is 14.9 Å². The first-order valence-corrected chi connectivity index (χ1v) is 6.29. The third kappa shape index (κ3) is 3.94. The van der Waals surface area contributed by atoms with Crippen LogP contribution in [0.1, 0.15) is 19.3 Å². The van der Waals surface area contributed by atoms with E-state index in [-0.39, 0.29) is 18.2 Å². The molecule has 1 N–H and O–H groups in total. The number of nitrogens with zero attached hydrogens (tertiary/aromatic N) is 1. The van der Waals surface area contributed by atoms with Crippen LogP contribution in [0.2, 0.25) is 0 Å². The molecule has 0 spiro atoms. The Labute approximate surface area is 110 Å². The van der Waals surface area contributed by atoms with E-state index < -0.39 is 4.92 Å². The van der Waals surface area contributed by atoms with Crippen LogP contribution in [0.3, 0.4) is 0 Å². The molecule has 2 rings (SSSR count). The molecule has 0 bridgehead atoms. The fourth-order valence-electron chi connectivity index (χ4n) is 1.84. The number of carbonyl (C=O) groups is 1. The molecule has 1 aliphatic rings. The van der Waals surface area contributed by atoms with E-state index in [2.05, 4.69) is 5.32 Å². The smallest absolute Gasteiger partial charge is 0.273 e. The summed E-state index contributed by atoms with van der Waals surface area (Å²) in [6, 6.07) is 5.80. The number of nitro groups is 1. The van der Waals surface area contributed by atoms with Crippen molar-refractivity contribution < 1.29 is 14.5 Å². The largest absolute Gasteiger partial charge is 0.484 e. The lowest BCUT2D eigenvalue weighted by atomic mass is 9.85. The lowest BCUT2D eigenvalue weighted by molar-refractivity contribution is -0.384.